The molecule has 0 spiro atoms. The molecule has 0 aliphatic carbocycles. The second-order valence-corrected chi connectivity index (χ2v) is 5.87. The van der Waals surface area contributed by atoms with Gasteiger partial charge in [-0.15, -0.1) is 0 Å². The van der Waals surface area contributed by atoms with Gasteiger partial charge in [-0.2, -0.15) is 0 Å². The maximum Gasteiger partial charge on any atom is 0.137 e. The molecule has 5 heteroatoms. The maximum absolute atomic E-state index is 13.5. The largest absolute Gasteiger partial charge is 0.322 e. The predicted molar refractivity (Wildman–Crippen MR) is 77.7 cm³/mol. The highest BCUT2D eigenvalue weighted by atomic mass is 79.9. The van der Waals surface area contributed by atoms with Crippen LogP contribution < -0.4 is 5.73 Å². The van der Waals surface area contributed by atoms with Gasteiger partial charge in [0.15, 0.2) is 0 Å². The van der Waals surface area contributed by atoms with Crippen LogP contribution >= 0.6 is 15.9 Å². The summed E-state index contributed by atoms with van der Waals surface area (Å²) in [5.74, 6) is 0.0377. The van der Waals surface area contributed by atoms with E-state index in [4.69, 9.17) is 5.73 Å². The molecule has 1 unspecified atom stereocenters. The summed E-state index contributed by atoms with van der Waals surface area (Å²) in [5.41, 5.74) is 8.85. The number of aromatic nitrogens is 2. The van der Waals surface area contributed by atoms with Gasteiger partial charge in [-0.1, -0.05) is 13.8 Å². The lowest BCUT2D eigenvalue weighted by Gasteiger charge is -2.19. The van der Waals surface area contributed by atoms with Crippen LogP contribution in [0.15, 0.2) is 29.1 Å². The van der Waals surface area contributed by atoms with Crippen molar-refractivity contribution in [2.45, 2.75) is 26.8 Å². The van der Waals surface area contributed by atoms with Crippen LogP contribution in [0.2, 0.25) is 0 Å². The second kappa shape index (κ2) is 5.43. The van der Waals surface area contributed by atoms with E-state index >= 15 is 0 Å². The van der Waals surface area contributed by atoms with Crippen molar-refractivity contribution in [2.24, 2.45) is 11.7 Å². The summed E-state index contributed by atoms with van der Waals surface area (Å²) in [4.78, 5) is 4.17. The quantitative estimate of drug-likeness (QED) is 0.934. The predicted octanol–water partition coefficient (Wildman–Crippen LogP) is 3.74. The summed E-state index contributed by atoms with van der Waals surface area (Å²) in [6.45, 7) is 6.00. The van der Waals surface area contributed by atoms with Gasteiger partial charge in [0.25, 0.3) is 0 Å². The van der Waals surface area contributed by atoms with E-state index in [1.165, 1.54) is 6.07 Å². The van der Waals surface area contributed by atoms with Gasteiger partial charge >= 0.3 is 0 Å². The fourth-order valence-electron chi connectivity index (χ4n) is 1.99. The minimum atomic E-state index is -0.268. The Morgan fingerprint density at radius 3 is 2.68 bits per heavy atom. The van der Waals surface area contributed by atoms with E-state index in [1.807, 2.05) is 11.5 Å². The molecule has 0 aliphatic rings. The summed E-state index contributed by atoms with van der Waals surface area (Å²) < 4.78 is 15.8. The lowest BCUT2D eigenvalue weighted by molar-refractivity contribution is 0.496. The van der Waals surface area contributed by atoms with E-state index in [-0.39, 0.29) is 11.9 Å². The molecule has 2 aromatic rings. The molecule has 2 rings (SSSR count). The standard InChI is InChI=1S/C14H17BrFN3/c1-8(2)14(17)13-6-18-7-19(13)12-5-10(15)11(16)4-9(12)3/h4-8,14H,17H2,1-3H3. The lowest BCUT2D eigenvalue weighted by atomic mass is 10.0. The Morgan fingerprint density at radius 2 is 2.05 bits per heavy atom. The number of nitrogens with zero attached hydrogens (tertiary/aromatic N) is 2. The van der Waals surface area contributed by atoms with Gasteiger partial charge in [-0.25, -0.2) is 9.37 Å². The average molecular weight is 326 g/mol. The topological polar surface area (TPSA) is 43.8 Å². The molecule has 0 amide bonds. The number of imidazole rings is 1. The molecular formula is C14H17BrFN3. The number of hydrogen-bond donors (Lipinski definition) is 1. The Morgan fingerprint density at radius 1 is 1.37 bits per heavy atom. The third kappa shape index (κ3) is 2.72. The Kier molecular flexibility index (Phi) is 4.06. The molecular weight excluding hydrogens is 309 g/mol. The monoisotopic (exact) mass is 325 g/mol. The van der Waals surface area contributed by atoms with Gasteiger partial charge < -0.3 is 10.3 Å². The van der Waals surface area contributed by atoms with Gasteiger partial charge in [0.05, 0.1) is 28.4 Å². The number of hydrogen-bond acceptors (Lipinski definition) is 2. The van der Waals surface area contributed by atoms with Crippen molar-refractivity contribution < 1.29 is 4.39 Å². The van der Waals surface area contributed by atoms with Crippen molar-refractivity contribution in [1.82, 2.24) is 9.55 Å². The third-order valence-corrected chi connectivity index (χ3v) is 3.83. The zero-order valence-electron chi connectivity index (χ0n) is 11.2. The minimum Gasteiger partial charge on any atom is -0.322 e. The van der Waals surface area contributed by atoms with E-state index in [2.05, 4.69) is 34.8 Å². The number of halogens is 2. The van der Waals surface area contributed by atoms with Crippen LogP contribution in [0.3, 0.4) is 0 Å². The highest BCUT2D eigenvalue weighted by Gasteiger charge is 2.17. The zero-order valence-corrected chi connectivity index (χ0v) is 12.8. The van der Waals surface area contributed by atoms with Crippen LogP contribution in [0, 0.1) is 18.7 Å². The van der Waals surface area contributed by atoms with Crippen molar-refractivity contribution >= 4 is 15.9 Å². The number of benzene rings is 1. The molecule has 0 saturated carbocycles. The van der Waals surface area contributed by atoms with Crippen molar-refractivity contribution in [2.75, 3.05) is 0 Å². The van der Waals surface area contributed by atoms with Crippen LogP contribution in [0.25, 0.3) is 5.69 Å². The van der Waals surface area contributed by atoms with E-state index in [9.17, 15) is 4.39 Å². The molecule has 1 aromatic heterocycles. The van der Waals surface area contributed by atoms with Crippen molar-refractivity contribution in [3.05, 3.63) is 46.2 Å². The Balaban J connectivity index is 2.55. The molecule has 0 saturated heterocycles. The zero-order chi connectivity index (χ0) is 14.2. The van der Waals surface area contributed by atoms with Gasteiger partial charge in [0.1, 0.15) is 5.82 Å². The summed E-state index contributed by atoms with van der Waals surface area (Å²) >= 11 is 3.22. The molecule has 0 fully saturated rings. The molecule has 2 N–H and O–H groups in total. The number of rotatable bonds is 3. The summed E-state index contributed by atoms with van der Waals surface area (Å²) in [6, 6.07) is 3.15. The average Bonchev–Trinajstić information content (AvgIpc) is 2.81. The molecule has 1 atom stereocenters. The van der Waals surface area contributed by atoms with Gasteiger partial charge in [-0.05, 0) is 46.5 Å². The highest BCUT2D eigenvalue weighted by Crippen LogP contribution is 2.27. The molecule has 0 aliphatic heterocycles. The van der Waals surface area contributed by atoms with E-state index in [0.717, 1.165) is 16.9 Å². The van der Waals surface area contributed by atoms with Gasteiger partial charge in [0, 0.05) is 6.04 Å². The Hall–Kier alpha value is -1.20. The fraction of sp³-hybridized carbons (Fsp3) is 0.357. The normalized spacial score (nSPS) is 13.0. The van der Waals surface area contributed by atoms with E-state index in [1.54, 1.807) is 18.6 Å². The number of nitrogens with two attached hydrogens (primary N) is 1. The second-order valence-electron chi connectivity index (χ2n) is 5.01. The van der Waals surface area contributed by atoms with Crippen LogP contribution in [0.1, 0.15) is 31.1 Å². The first-order valence-corrected chi connectivity index (χ1v) is 6.95. The molecule has 19 heavy (non-hydrogen) atoms. The first kappa shape index (κ1) is 14.2. The molecule has 0 bridgehead atoms. The van der Waals surface area contributed by atoms with E-state index < -0.39 is 0 Å². The molecule has 1 aromatic carbocycles. The SMILES string of the molecule is Cc1cc(F)c(Br)cc1-n1cncc1C(N)C(C)C. The van der Waals surface area contributed by atoms with Crippen molar-refractivity contribution in [3.63, 3.8) is 0 Å². The highest BCUT2D eigenvalue weighted by molar-refractivity contribution is 9.10. The fourth-order valence-corrected chi connectivity index (χ4v) is 2.32. The van der Waals surface area contributed by atoms with Crippen molar-refractivity contribution in [1.29, 1.82) is 0 Å². The van der Waals surface area contributed by atoms with Crippen LogP contribution in [-0.2, 0) is 0 Å². The molecule has 3 nitrogen and oxygen atoms in total. The summed E-state index contributed by atoms with van der Waals surface area (Å²) in [6.07, 6.45) is 3.48. The number of aryl methyl sites for hydroxylation is 1. The maximum atomic E-state index is 13.5. The van der Waals surface area contributed by atoms with Crippen LogP contribution in [0.4, 0.5) is 4.39 Å². The summed E-state index contributed by atoms with van der Waals surface area (Å²) in [7, 11) is 0. The molecule has 102 valence electrons. The lowest BCUT2D eigenvalue weighted by Crippen LogP contribution is -2.20. The van der Waals surface area contributed by atoms with Crippen molar-refractivity contribution in [3.8, 4) is 5.69 Å². The molecule has 0 radical (unpaired) electrons. The Bertz CT molecular complexity index is 592. The Labute approximate surface area is 120 Å². The third-order valence-electron chi connectivity index (χ3n) is 3.23. The van der Waals surface area contributed by atoms with Crippen LogP contribution in [0.5, 0.6) is 0 Å². The van der Waals surface area contributed by atoms with Gasteiger partial charge in [-0.3, -0.25) is 0 Å². The first-order chi connectivity index (χ1) is 8.91. The van der Waals surface area contributed by atoms with E-state index in [0.29, 0.717) is 10.4 Å². The minimum absolute atomic E-state index is 0.106. The summed E-state index contributed by atoms with van der Waals surface area (Å²) in [5, 5.41) is 0. The smallest absolute Gasteiger partial charge is 0.137 e. The molecule has 1 heterocycles. The van der Waals surface area contributed by atoms with Gasteiger partial charge in [0.2, 0.25) is 0 Å². The first-order valence-electron chi connectivity index (χ1n) is 6.15. The van der Waals surface area contributed by atoms with Crippen LogP contribution in [-0.4, -0.2) is 9.55 Å².